The van der Waals surface area contributed by atoms with Gasteiger partial charge in [0.25, 0.3) is 0 Å². The predicted octanol–water partition coefficient (Wildman–Crippen LogP) is 6.26. The number of hydrogen-bond donors (Lipinski definition) is 2. The highest BCUT2D eigenvalue weighted by Crippen LogP contribution is 2.27. The fraction of sp³-hybridized carbons (Fsp3) is 0.370. The summed E-state index contributed by atoms with van der Waals surface area (Å²) in [5.74, 6) is 0.452. The number of aryl methyl sites for hydroxylation is 1. The molecule has 1 heterocycles. The first-order valence-electron chi connectivity index (χ1n) is 11.7. The molecule has 1 aromatic heterocycles. The van der Waals surface area contributed by atoms with Gasteiger partial charge in [-0.3, -0.25) is 4.79 Å². The lowest BCUT2D eigenvalue weighted by atomic mass is 9.92. The standard InChI is InChI=1S/C27H34ClN5O2/c1-18(2)16-32(26(35)29-21-13-11-20(28)12-14-21)17-25(34)30-24-15-23(27(4,5)6)31-33(24)22-10-8-7-9-19(22)3/h7-15,18H,16-17H2,1-6H3,(H,29,35)(H,30,34). The summed E-state index contributed by atoms with van der Waals surface area (Å²) in [6.07, 6.45) is 0. The largest absolute Gasteiger partial charge is 0.322 e. The second-order valence-electron chi connectivity index (χ2n) is 10.1. The molecule has 0 aliphatic rings. The fourth-order valence-corrected chi connectivity index (χ4v) is 3.70. The van der Waals surface area contributed by atoms with E-state index in [0.29, 0.717) is 23.1 Å². The summed E-state index contributed by atoms with van der Waals surface area (Å²) < 4.78 is 1.76. The maximum absolute atomic E-state index is 13.1. The highest BCUT2D eigenvalue weighted by Gasteiger charge is 2.24. The zero-order valence-electron chi connectivity index (χ0n) is 21.2. The first-order chi connectivity index (χ1) is 16.4. The Morgan fingerprint density at radius 3 is 2.31 bits per heavy atom. The van der Waals surface area contributed by atoms with E-state index < -0.39 is 0 Å². The third-order valence-electron chi connectivity index (χ3n) is 5.39. The van der Waals surface area contributed by atoms with Crippen LogP contribution in [-0.2, 0) is 10.2 Å². The third kappa shape index (κ3) is 7.09. The number of halogens is 1. The molecule has 186 valence electrons. The number of carbonyl (C=O) groups is 2. The summed E-state index contributed by atoms with van der Waals surface area (Å²) in [5.41, 5.74) is 3.19. The maximum Gasteiger partial charge on any atom is 0.322 e. The number of urea groups is 1. The Hall–Kier alpha value is -3.32. The lowest BCUT2D eigenvalue weighted by molar-refractivity contribution is -0.116. The zero-order chi connectivity index (χ0) is 25.8. The highest BCUT2D eigenvalue weighted by atomic mass is 35.5. The van der Waals surface area contributed by atoms with Crippen molar-refractivity contribution in [1.82, 2.24) is 14.7 Å². The number of benzene rings is 2. The van der Waals surface area contributed by atoms with E-state index >= 15 is 0 Å². The summed E-state index contributed by atoms with van der Waals surface area (Å²) >= 11 is 5.94. The van der Waals surface area contributed by atoms with Crippen LogP contribution in [0, 0.1) is 12.8 Å². The average molecular weight is 496 g/mol. The Morgan fingerprint density at radius 1 is 1.06 bits per heavy atom. The van der Waals surface area contributed by atoms with E-state index in [1.807, 2.05) is 51.1 Å². The quantitative estimate of drug-likeness (QED) is 0.406. The lowest BCUT2D eigenvalue weighted by Gasteiger charge is -2.24. The molecule has 0 saturated carbocycles. The molecule has 0 spiro atoms. The molecule has 0 atom stereocenters. The summed E-state index contributed by atoms with van der Waals surface area (Å²) in [6, 6.07) is 16.3. The van der Waals surface area contributed by atoms with Gasteiger partial charge in [-0.15, -0.1) is 0 Å². The lowest BCUT2D eigenvalue weighted by Crippen LogP contribution is -2.42. The molecule has 8 heteroatoms. The van der Waals surface area contributed by atoms with E-state index in [1.165, 1.54) is 4.90 Å². The molecule has 0 unspecified atom stereocenters. The minimum atomic E-state index is -0.348. The van der Waals surface area contributed by atoms with Gasteiger partial charge in [-0.25, -0.2) is 9.48 Å². The predicted molar refractivity (Wildman–Crippen MR) is 143 cm³/mol. The van der Waals surface area contributed by atoms with E-state index in [4.69, 9.17) is 16.7 Å². The van der Waals surface area contributed by atoms with Gasteiger partial charge in [0.05, 0.1) is 11.4 Å². The molecule has 3 rings (SSSR count). The van der Waals surface area contributed by atoms with E-state index in [0.717, 1.165) is 16.9 Å². The number of rotatable bonds is 7. The number of hydrogen-bond acceptors (Lipinski definition) is 3. The van der Waals surface area contributed by atoms with Crippen molar-refractivity contribution in [1.29, 1.82) is 0 Å². The van der Waals surface area contributed by atoms with Crippen molar-refractivity contribution in [2.45, 2.75) is 47.0 Å². The Bertz CT molecular complexity index is 1180. The molecule has 35 heavy (non-hydrogen) atoms. The summed E-state index contributed by atoms with van der Waals surface area (Å²) in [4.78, 5) is 27.6. The van der Waals surface area contributed by atoms with Crippen LogP contribution in [0.25, 0.3) is 5.69 Å². The van der Waals surface area contributed by atoms with E-state index in [2.05, 4.69) is 31.4 Å². The van der Waals surface area contributed by atoms with Crippen molar-refractivity contribution < 1.29 is 9.59 Å². The van der Waals surface area contributed by atoms with Crippen LogP contribution in [0.2, 0.25) is 5.02 Å². The molecule has 0 aliphatic carbocycles. The van der Waals surface area contributed by atoms with Gasteiger partial charge in [-0.1, -0.05) is 64.4 Å². The van der Waals surface area contributed by atoms with Gasteiger partial charge < -0.3 is 15.5 Å². The van der Waals surface area contributed by atoms with Gasteiger partial charge in [-0.2, -0.15) is 5.10 Å². The van der Waals surface area contributed by atoms with Gasteiger partial charge in [0.1, 0.15) is 12.4 Å². The molecular formula is C27H34ClN5O2. The third-order valence-corrected chi connectivity index (χ3v) is 5.64. The molecular weight excluding hydrogens is 462 g/mol. The van der Waals surface area contributed by atoms with Crippen LogP contribution in [0.1, 0.15) is 45.9 Å². The molecule has 0 fully saturated rings. The van der Waals surface area contributed by atoms with Gasteiger partial charge >= 0.3 is 6.03 Å². The number of carbonyl (C=O) groups excluding carboxylic acids is 2. The minimum Gasteiger partial charge on any atom is -0.315 e. The smallest absolute Gasteiger partial charge is 0.315 e. The molecule has 0 radical (unpaired) electrons. The molecule has 3 aromatic rings. The molecule has 7 nitrogen and oxygen atoms in total. The van der Waals surface area contributed by atoms with Gasteiger partial charge in [0.2, 0.25) is 5.91 Å². The summed E-state index contributed by atoms with van der Waals surface area (Å²) in [5, 5.41) is 11.2. The number of aromatic nitrogens is 2. The number of anilines is 2. The zero-order valence-corrected chi connectivity index (χ0v) is 22.0. The second-order valence-corrected chi connectivity index (χ2v) is 10.6. The number of nitrogens with zero attached hydrogens (tertiary/aromatic N) is 3. The normalized spacial score (nSPS) is 11.4. The van der Waals surface area contributed by atoms with Crippen molar-refractivity contribution in [2.75, 3.05) is 23.7 Å². The molecule has 0 saturated heterocycles. The second kappa shape index (κ2) is 11.0. The molecule has 0 aliphatic heterocycles. The Labute approximate surface area is 212 Å². The van der Waals surface area contributed by atoms with Crippen LogP contribution >= 0.6 is 11.6 Å². The van der Waals surface area contributed by atoms with Crippen molar-refractivity contribution in [3.63, 3.8) is 0 Å². The molecule has 2 N–H and O–H groups in total. The van der Waals surface area contributed by atoms with Crippen LogP contribution < -0.4 is 10.6 Å². The topological polar surface area (TPSA) is 79.3 Å². The van der Waals surface area contributed by atoms with Crippen molar-refractivity contribution >= 4 is 35.0 Å². The fourth-order valence-electron chi connectivity index (χ4n) is 3.57. The summed E-state index contributed by atoms with van der Waals surface area (Å²) in [6.45, 7) is 12.6. The van der Waals surface area contributed by atoms with Crippen molar-refractivity contribution in [3.8, 4) is 5.69 Å². The first-order valence-corrected chi connectivity index (χ1v) is 12.1. The van der Waals surface area contributed by atoms with E-state index in [9.17, 15) is 9.59 Å². The molecule has 3 amide bonds. The first kappa shape index (κ1) is 26.3. The minimum absolute atomic E-state index is 0.0958. The molecule has 0 bridgehead atoms. The van der Waals surface area contributed by atoms with Crippen molar-refractivity contribution in [2.24, 2.45) is 5.92 Å². The van der Waals surface area contributed by atoms with Crippen LogP contribution in [0.5, 0.6) is 0 Å². The monoisotopic (exact) mass is 495 g/mol. The van der Waals surface area contributed by atoms with E-state index in [1.54, 1.807) is 28.9 Å². The van der Waals surface area contributed by atoms with Crippen LogP contribution in [0.3, 0.4) is 0 Å². The number of nitrogens with one attached hydrogen (secondary N) is 2. The van der Waals surface area contributed by atoms with Gasteiger partial charge in [-0.05, 0) is 48.7 Å². The SMILES string of the molecule is Cc1ccccc1-n1nc(C(C)(C)C)cc1NC(=O)CN(CC(C)C)C(=O)Nc1ccc(Cl)cc1. The van der Waals surface area contributed by atoms with Crippen LogP contribution in [-0.4, -0.2) is 39.7 Å². The maximum atomic E-state index is 13.1. The van der Waals surface area contributed by atoms with Crippen molar-refractivity contribution in [3.05, 3.63) is 70.9 Å². The van der Waals surface area contributed by atoms with Crippen LogP contribution in [0.15, 0.2) is 54.6 Å². The van der Waals surface area contributed by atoms with Crippen LogP contribution in [0.4, 0.5) is 16.3 Å². The number of amides is 3. The molecule has 2 aromatic carbocycles. The Kier molecular flexibility index (Phi) is 8.22. The Balaban J connectivity index is 1.82. The van der Waals surface area contributed by atoms with Gasteiger partial charge in [0.15, 0.2) is 0 Å². The summed E-state index contributed by atoms with van der Waals surface area (Å²) in [7, 11) is 0. The number of para-hydroxylation sites is 1. The highest BCUT2D eigenvalue weighted by molar-refractivity contribution is 6.30. The Morgan fingerprint density at radius 2 is 1.71 bits per heavy atom. The van der Waals surface area contributed by atoms with Gasteiger partial charge in [0, 0.05) is 28.7 Å². The van der Waals surface area contributed by atoms with E-state index in [-0.39, 0.29) is 29.8 Å². The average Bonchev–Trinajstić information content (AvgIpc) is 3.18.